The number of ketones is 1. The summed E-state index contributed by atoms with van der Waals surface area (Å²) in [6, 6.07) is 10.1. The minimum absolute atomic E-state index is 0.159. The molecule has 102 valence electrons. The van der Waals surface area contributed by atoms with Gasteiger partial charge in [-0.05, 0) is 29.8 Å². The number of Topliss-reactive ketones (excluding diaryl/α,β-unsaturated/α-hetero) is 1. The molecule has 0 saturated heterocycles. The highest BCUT2D eigenvalue weighted by Crippen LogP contribution is 2.31. The molecule has 0 saturated carbocycles. The third-order valence-corrected chi connectivity index (χ3v) is 2.90. The molecule has 0 spiro atoms. The van der Waals surface area contributed by atoms with Gasteiger partial charge in [-0.1, -0.05) is 6.07 Å². The second-order valence-electron chi connectivity index (χ2n) is 4.02. The van der Waals surface area contributed by atoms with E-state index in [4.69, 9.17) is 13.9 Å². The van der Waals surface area contributed by atoms with Gasteiger partial charge in [-0.15, -0.1) is 0 Å². The predicted octanol–water partition coefficient (Wildman–Crippen LogP) is 2.79. The van der Waals surface area contributed by atoms with E-state index in [1.807, 2.05) is 6.07 Å². The molecule has 5 nitrogen and oxygen atoms in total. The molecule has 5 heteroatoms. The van der Waals surface area contributed by atoms with Crippen molar-refractivity contribution in [3.8, 4) is 17.6 Å². The third-order valence-electron chi connectivity index (χ3n) is 2.90. The van der Waals surface area contributed by atoms with E-state index in [1.54, 1.807) is 24.3 Å². The highest BCUT2D eigenvalue weighted by molar-refractivity contribution is 6.00. The number of ether oxygens (including phenoxy) is 2. The predicted molar refractivity (Wildman–Crippen MR) is 70.9 cm³/mol. The molecule has 2 rings (SSSR count). The molecule has 0 aliphatic rings. The molecule has 1 unspecified atom stereocenters. The number of rotatable bonds is 5. The maximum atomic E-state index is 12.2. The van der Waals surface area contributed by atoms with Crippen LogP contribution in [-0.4, -0.2) is 20.0 Å². The van der Waals surface area contributed by atoms with Crippen LogP contribution in [0.25, 0.3) is 0 Å². The molecule has 1 heterocycles. The van der Waals surface area contributed by atoms with Crippen LogP contribution in [0.3, 0.4) is 0 Å². The average Bonchev–Trinajstić information content (AvgIpc) is 3.01. The first-order chi connectivity index (χ1) is 9.71. The van der Waals surface area contributed by atoms with Crippen LogP contribution < -0.4 is 9.47 Å². The monoisotopic (exact) mass is 271 g/mol. The van der Waals surface area contributed by atoms with Crippen molar-refractivity contribution in [1.29, 1.82) is 5.26 Å². The van der Waals surface area contributed by atoms with Gasteiger partial charge in [0, 0.05) is 0 Å². The number of carbonyl (C=O) groups excluding carboxylic acids is 1. The van der Waals surface area contributed by atoms with Gasteiger partial charge in [0.15, 0.2) is 17.3 Å². The summed E-state index contributed by atoms with van der Waals surface area (Å²) in [6.07, 6.45) is 1.40. The van der Waals surface area contributed by atoms with Crippen LogP contribution in [-0.2, 0) is 0 Å². The summed E-state index contributed by atoms with van der Waals surface area (Å²) in [5.74, 6) is -0.159. The fourth-order valence-corrected chi connectivity index (χ4v) is 1.88. The molecule has 1 aromatic carbocycles. The fourth-order valence-electron chi connectivity index (χ4n) is 1.88. The Morgan fingerprint density at radius 3 is 2.55 bits per heavy atom. The van der Waals surface area contributed by atoms with E-state index >= 15 is 0 Å². The number of nitrogens with zero attached hydrogens (tertiary/aromatic N) is 1. The molecule has 0 aliphatic carbocycles. The number of hydrogen-bond donors (Lipinski definition) is 0. The summed E-state index contributed by atoms with van der Waals surface area (Å²) in [5.41, 5.74) is 0.534. The van der Waals surface area contributed by atoms with Gasteiger partial charge in [-0.25, -0.2) is 0 Å². The van der Waals surface area contributed by atoms with Crippen LogP contribution in [0.4, 0.5) is 0 Å². The Labute approximate surface area is 116 Å². The van der Waals surface area contributed by atoms with Crippen LogP contribution in [0.2, 0.25) is 0 Å². The Bertz CT molecular complexity index is 640. The maximum absolute atomic E-state index is 12.2. The minimum atomic E-state index is -0.944. The zero-order chi connectivity index (χ0) is 14.5. The molecule has 0 aliphatic heterocycles. The van der Waals surface area contributed by atoms with Gasteiger partial charge in [0.1, 0.15) is 5.92 Å². The molecule has 1 aromatic heterocycles. The van der Waals surface area contributed by atoms with Crippen molar-refractivity contribution in [2.75, 3.05) is 14.2 Å². The molecule has 20 heavy (non-hydrogen) atoms. The third kappa shape index (κ3) is 2.50. The van der Waals surface area contributed by atoms with E-state index in [-0.39, 0.29) is 11.5 Å². The number of benzene rings is 1. The van der Waals surface area contributed by atoms with Gasteiger partial charge in [0.25, 0.3) is 0 Å². The summed E-state index contributed by atoms with van der Waals surface area (Å²) in [7, 11) is 3.02. The second kappa shape index (κ2) is 5.93. The topological polar surface area (TPSA) is 72.5 Å². The smallest absolute Gasteiger partial charge is 0.219 e. The molecule has 0 bridgehead atoms. The molecule has 0 amide bonds. The standard InChI is InChI=1S/C15H13NO4/c1-18-12-6-5-10(8-14(12)19-2)11(9-16)15(17)13-4-3-7-20-13/h3-8,11H,1-2H3. The van der Waals surface area contributed by atoms with E-state index in [9.17, 15) is 10.1 Å². The summed E-state index contributed by atoms with van der Waals surface area (Å²) in [4.78, 5) is 12.2. The number of nitriles is 1. The number of carbonyl (C=O) groups is 1. The van der Waals surface area contributed by atoms with Gasteiger partial charge >= 0.3 is 0 Å². The Morgan fingerprint density at radius 2 is 2.00 bits per heavy atom. The lowest BCUT2D eigenvalue weighted by Gasteiger charge is -2.11. The number of hydrogen-bond acceptors (Lipinski definition) is 5. The van der Waals surface area contributed by atoms with Crippen molar-refractivity contribution in [2.24, 2.45) is 0 Å². The average molecular weight is 271 g/mol. The molecular weight excluding hydrogens is 258 g/mol. The Morgan fingerprint density at radius 1 is 1.25 bits per heavy atom. The number of methoxy groups -OCH3 is 2. The summed E-state index contributed by atoms with van der Waals surface area (Å²) in [6.45, 7) is 0. The summed E-state index contributed by atoms with van der Waals surface area (Å²) < 4.78 is 15.3. The van der Waals surface area contributed by atoms with Gasteiger partial charge in [0.2, 0.25) is 5.78 Å². The van der Waals surface area contributed by atoms with Gasteiger partial charge in [-0.3, -0.25) is 4.79 Å². The highest BCUT2D eigenvalue weighted by Gasteiger charge is 2.25. The van der Waals surface area contributed by atoms with Crippen molar-refractivity contribution in [1.82, 2.24) is 0 Å². The lowest BCUT2D eigenvalue weighted by atomic mass is 9.94. The van der Waals surface area contributed by atoms with Crippen molar-refractivity contribution in [3.63, 3.8) is 0 Å². The normalized spacial score (nSPS) is 11.4. The second-order valence-corrected chi connectivity index (χ2v) is 4.02. The molecule has 0 N–H and O–H groups in total. The van der Waals surface area contributed by atoms with E-state index in [0.717, 1.165) is 0 Å². The van der Waals surface area contributed by atoms with Crippen LogP contribution in [0.5, 0.6) is 11.5 Å². The Hall–Kier alpha value is -2.74. The maximum Gasteiger partial charge on any atom is 0.219 e. The summed E-state index contributed by atoms with van der Waals surface area (Å²) in [5, 5.41) is 9.25. The van der Waals surface area contributed by atoms with Crippen LogP contribution >= 0.6 is 0 Å². The van der Waals surface area contributed by atoms with E-state index in [0.29, 0.717) is 17.1 Å². The lowest BCUT2D eigenvalue weighted by molar-refractivity contribution is 0.0952. The lowest BCUT2D eigenvalue weighted by Crippen LogP contribution is -2.10. The number of furan rings is 1. The van der Waals surface area contributed by atoms with Gasteiger partial charge in [-0.2, -0.15) is 5.26 Å². The van der Waals surface area contributed by atoms with E-state index < -0.39 is 5.92 Å². The minimum Gasteiger partial charge on any atom is -0.493 e. The largest absolute Gasteiger partial charge is 0.493 e. The highest BCUT2D eigenvalue weighted by atomic mass is 16.5. The van der Waals surface area contributed by atoms with Crippen LogP contribution in [0.1, 0.15) is 22.0 Å². The van der Waals surface area contributed by atoms with E-state index in [1.165, 1.54) is 26.5 Å². The zero-order valence-corrected chi connectivity index (χ0v) is 11.1. The molecular formula is C15H13NO4. The molecule has 1 atom stereocenters. The van der Waals surface area contributed by atoms with E-state index in [2.05, 4.69) is 0 Å². The van der Waals surface area contributed by atoms with Crippen LogP contribution in [0.15, 0.2) is 41.0 Å². The first-order valence-corrected chi connectivity index (χ1v) is 5.90. The zero-order valence-electron chi connectivity index (χ0n) is 11.1. The quantitative estimate of drug-likeness (QED) is 0.782. The van der Waals surface area contributed by atoms with Crippen molar-refractivity contribution in [3.05, 3.63) is 47.9 Å². The van der Waals surface area contributed by atoms with Crippen LogP contribution in [0, 0.1) is 11.3 Å². The fraction of sp³-hybridized carbons (Fsp3) is 0.200. The van der Waals surface area contributed by atoms with Gasteiger partial charge in [0.05, 0.1) is 26.6 Å². The SMILES string of the molecule is COc1ccc(C(C#N)C(=O)c2ccco2)cc1OC. The van der Waals surface area contributed by atoms with Crippen molar-refractivity contribution < 1.29 is 18.7 Å². The van der Waals surface area contributed by atoms with Gasteiger partial charge < -0.3 is 13.9 Å². The molecule has 2 aromatic rings. The first kappa shape index (κ1) is 13.7. The Kier molecular flexibility index (Phi) is 4.06. The summed E-state index contributed by atoms with van der Waals surface area (Å²) >= 11 is 0. The van der Waals surface area contributed by atoms with Crippen molar-refractivity contribution in [2.45, 2.75) is 5.92 Å². The first-order valence-electron chi connectivity index (χ1n) is 5.90. The molecule has 0 fully saturated rings. The Balaban J connectivity index is 2.38. The molecule has 0 radical (unpaired) electrons. The van der Waals surface area contributed by atoms with Crippen molar-refractivity contribution >= 4 is 5.78 Å².